The van der Waals surface area contributed by atoms with E-state index in [1.54, 1.807) is 0 Å². The van der Waals surface area contributed by atoms with Gasteiger partial charge in [-0.15, -0.1) is 0 Å². The molecule has 0 rings (SSSR count). The molecule has 24 heavy (non-hydrogen) atoms. The van der Waals surface area contributed by atoms with Crippen molar-refractivity contribution in [3.8, 4) is 0 Å². The van der Waals surface area contributed by atoms with Gasteiger partial charge in [0.05, 0.1) is 21.1 Å². The Morgan fingerprint density at radius 2 is 1.38 bits per heavy atom. The molecule has 0 aliphatic carbocycles. The maximum Gasteiger partial charge on any atom is 0.305 e. The lowest BCUT2D eigenvalue weighted by Gasteiger charge is -2.23. The van der Waals surface area contributed by atoms with Crippen molar-refractivity contribution in [2.24, 2.45) is 0 Å². The molecule has 0 amide bonds. The minimum absolute atomic E-state index is 0.0329. The minimum Gasteiger partial charge on any atom is -0.460 e. The summed E-state index contributed by atoms with van der Waals surface area (Å²) in [6.07, 6.45) is 19.0. The van der Waals surface area contributed by atoms with Crippen LogP contribution in [0.25, 0.3) is 0 Å². The van der Waals surface area contributed by atoms with E-state index in [4.69, 9.17) is 4.74 Å². The number of hydrogen-bond acceptors (Lipinski definition) is 2. The van der Waals surface area contributed by atoms with E-state index in [1.165, 1.54) is 57.8 Å². The predicted octanol–water partition coefficient (Wildman–Crippen LogP) is 5.49. The molecule has 0 radical (unpaired) electrons. The average molecular weight is 341 g/mol. The SMILES string of the molecule is CCCCCC/C=C/CCCCCCCC(=O)OCC[N+](C)(C)C. The van der Waals surface area contributed by atoms with E-state index in [1.807, 2.05) is 0 Å². The van der Waals surface area contributed by atoms with Crippen LogP contribution in [0.1, 0.15) is 84.0 Å². The minimum atomic E-state index is -0.0329. The van der Waals surface area contributed by atoms with E-state index in [0.717, 1.165) is 23.9 Å². The van der Waals surface area contributed by atoms with Crippen molar-refractivity contribution in [3.05, 3.63) is 12.2 Å². The van der Waals surface area contributed by atoms with Crippen LogP contribution in [0.5, 0.6) is 0 Å². The summed E-state index contributed by atoms with van der Waals surface area (Å²) in [6.45, 7) is 3.66. The van der Waals surface area contributed by atoms with Crippen LogP contribution in [0.3, 0.4) is 0 Å². The quantitative estimate of drug-likeness (QED) is 0.161. The molecule has 3 nitrogen and oxygen atoms in total. The first-order chi connectivity index (χ1) is 11.5. The summed E-state index contributed by atoms with van der Waals surface area (Å²) in [5.74, 6) is -0.0329. The largest absolute Gasteiger partial charge is 0.460 e. The van der Waals surface area contributed by atoms with Crippen molar-refractivity contribution in [2.45, 2.75) is 84.0 Å². The summed E-state index contributed by atoms with van der Waals surface area (Å²) in [5.41, 5.74) is 0. The molecular weight excluding hydrogens is 298 g/mol. The Morgan fingerprint density at radius 1 is 0.833 bits per heavy atom. The zero-order valence-corrected chi connectivity index (χ0v) is 16.8. The normalized spacial score (nSPS) is 12.0. The van der Waals surface area contributed by atoms with Crippen LogP contribution in [-0.2, 0) is 9.53 Å². The molecule has 0 saturated carbocycles. The summed E-state index contributed by atoms with van der Waals surface area (Å²) in [4.78, 5) is 11.6. The molecule has 0 saturated heterocycles. The molecule has 0 aliphatic rings. The third-order valence-electron chi connectivity index (χ3n) is 4.17. The molecule has 3 heteroatoms. The summed E-state index contributed by atoms with van der Waals surface area (Å²) in [6, 6.07) is 0. The first kappa shape index (κ1) is 23.2. The molecule has 0 unspecified atom stereocenters. The van der Waals surface area contributed by atoms with Gasteiger partial charge in [-0.05, 0) is 32.1 Å². The number of carbonyl (C=O) groups is 1. The second-order valence-electron chi connectivity index (χ2n) is 7.86. The molecule has 0 bridgehead atoms. The molecule has 0 N–H and O–H groups in total. The summed E-state index contributed by atoms with van der Waals surface area (Å²) in [7, 11) is 6.32. The zero-order chi connectivity index (χ0) is 18.1. The van der Waals surface area contributed by atoms with E-state index in [2.05, 4.69) is 40.2 Å². The highest BCUT2D eigenvalue weighted by molar-refractivity contribution is 5.69. The van der Waals surface area contributed by atoms with Crippen LogP contribution < -0.4 is 0 Å². The Balaban J connectivity index is 3.27. The van der Waals surface area contributed by atoms with Gasteiger partial charge in [-0.2, -0.15) is 0 Å². The topological polar surface area (TPSA) is 26.3 Å². The predicted molar refractivity (Wildman–Crippen MR) is 104 cm³/mol. The molecule has 0 fully saturated rings. The fourth-order valence-electron chi connectivity index (χ4n) is 2.49. The molecule has 0 atom stereocenters. The first-order valence-corrected chi connectivity index (χ1v) is 10.1. The second kappa shape index (κ2) is 15.7. The molecule has 0 spiro atoms. The van der Waals surface area contributed by atoms with Crippen LogP contribution >= 0.6 is 0 Å². The van der Waals surface area contributed by atoms with Crippen molar-refractivity contribution in [1.29, 1.82) is 0 Å². The Bertz CT molecular complexity index is 318. The lowest BCUT2D eigenvalue weighted by Crippen LogP contribution is -2.37. The molecule has 0 aromatic heterocycles. The van der Waals surface area contributed by atoms with Crippen molar-refractivity contribution >= 4 is 5.97 Å². The maximum atomic E-state index is 11.6. The Kier molecular flexibility index (Phi) is 15.1. The van der Waals surface area contributed by atoms with Crippen LogP contribution in [0.2, 0.25) is 0 Å². The lowest BCUT2D eigenvalue weighted by molar-refractivity contribution is -0.870. The number of likely N-dealkylation sites (N-methyl/N-ethyl adjacent to an activating group) is 1. The van der Waals surface area contributed by atoms with Gasteiger partial charge in [-0.1, -0.05) is 57.6 Å². The Hall–Kier alpha value is -0.830. The van der Waals surface area contributed by atoms with Gasteiger partial charge < -0.3 is 9.22 Å². The van der Waals surface area contributed by atoms with E-state index in [0.29, 0.717) is 13.0 Å². The zero-order valence-electron chi connectivity index (χ0n) is 16.8. The van der Waals surface area contributed by atoms with Gasteiger partial charge in [-0.25, -0.2) is 0 Å². The van der Waals surface area contributed by atoms with Crippen molar-refractivity contribution < 1.29 is 14.0 Å². The maximum absolute atomic E-state index is 11.6. The number of ether oxygens (including phenoxy) is 1. The summed E-state index contributed by atoms with van der Waals surface area (Å²) < 4.78 is 6.10. The highest BCUT2D eigenvalue weighted by Gasteiger charge is 2.08. The van der Waals surface area contributed by atoms with Gasteiger partial charge in [0.2, 0.25) is 0 Å². The van der Waals surface area contributed by atoms with Gasteiger partial charge in [0, 0.05) is 6.42 Å². The van der Waals surface area contributed by atoms with Crippen LogP contribution in [0, 0.1) is 0 Å². The molecular formula is C21H42NO2+. The van der Waals surface area contributed by atoms with E-state index < -0.39 is 0 Å². The number of quaternary nitrogens is 1. The van der Waals surface area contributed by atoms with E-state index in [-0.39, 0.29) is 5.97 Å². The number of nitrogens with zero attached hydrogens (tertiary/aromatic N) is 1. The van der Waals surface area contributed by atoms with Crippen LogP contribution in [0.15, 0.2) is 12.2 Å². The second-order valence-corrected chi connectivity index (χ2v) is 7.86. The van der Waals surface area contributed by atoms with Crippen molar-refractivity contribution in [2.75, 3.05) is 34.3 Å². The third kappa shape index (κ3) is 19.2. The van der Waals surface area contributed by atoms with Gasteiger partial charge in [0.25, 0.3) is 0 Å². The summed E-state index contributed by atoms with van der Waals surface area (Å²) >= 11 is 0. The standard InChI is InChI=1S/C21H42NO2/c1-5-6-7-8-9-10-11-12-13-14-15-16-17-18-21(23)24-20-19-22(2,3)4/h10-11H,5-9,12-20H2,1-4H3/q+1/b11-10+. The summed E-state index contributed by atoms with van der Waals surface area (Å²) in [5, 5.41) is 0. The lowest BCUT2D eigenvalue weighted by atomic mass is 10.1. The highest BCUT2D eigenvalue weighted by Crippen LogP contribution is 2.09. The molecule has 0 aromatic carbocycles. The first-order valence-electron chi connectivity index (χ1n) is 10.1. The average Bonchev–Trinajstić information content (AvgIpc) is 2.50. The fourth-order valence-corrected chi connectivity index (χ4v) is 2.49. The molecule has 0 heterocycles. The van der Waals surface area contributed by atoms with Gasteiger partial charge in [-0.3, -0.25) is 4.79 Å². The number of hydrogen-bond donors (Lipinski definition) is 0. The highest BCUT2D eigenvalue weighted by atomic mass is 16.5. The molecule has 0 aliphatic heterocycles. The van der Waals surface area contributed by atoms with Gasteiger partial charge in [0.1, 0.15) is 13.2 Å². The van der Waals surface area contributed by atoms with Crippen molar-refractivity contribution in [3.63, 3.8) is 0 Å². The van der Waals surface area contributed by atoms with E-state index >= 15 is 0 Å². The van der Waals surface area contributed by atoms with Gasteiger partial charge >= 0.3 is 5.97 Å². The molecule has 142 valence electrons. The number of carbonyl (C=O) groups excluding carboxylic acids is 1. The third-order valence-corrected chi connectivity index (χ3v) is 4.17. The number of esters is 1. The number of allylic oxidation sites excluding steroid dienone is 2. The molecule has 0 aromatic rings. The van der Waals surface area contributed by atoms with Gasteiger partial charge in [0.15, 0.2) is 0 Å². The number of unbranched alkanes of at least 4 members (excludes halogenated alkanes) is 9. The Morgan fingerprint density at radius 3 is 1.96 bits per heavy atom. The van der Waals surface area contributed by atoms with E-state index in [9.17, 15) is 4.79 Å². The van der Waals surface area contributed by atoms with Crippen molar-refractivity contribution in [1.82, 2.24) is 0 Å². The van der Waals surface area contributed by atoms with Crippen LogP contribution in [0.4, 0.5) is 0 Å². The monoisotopic (exact) mass is 340 g/mol. The Labute approximate surface area is 151 Å². The van der Waals surface area contributed by atoms with Crippen LogP contribution in [-0.4, -0.2) is 44.7 Å². The smallest absolute Gasteiger partial charge is 0.305 e. The fraction of sp³-hybridized carbons (Fsp3) is 0.857. The number of rotatable bonds is 16.